The predicted octanol–water partition coefficient (Wildman–Crippen LogP) is 0.857. The summed E-state index contributed by atoms with van der Waals surface area (Å²) < 4.78 is 5.38. The third-order valence-electron chi connectivity index (χ3n) is 5.05. The van der Waals surface area contributed by atoms with Crippen molar-refractivity contribution < 1.29 is 24.6 Å². The van der Waals surface area contributed by atoms with Crippen molar-refractivity contribution in [2.75, 3.05) is 39.5 Å². The van der Waals surface area contributed by atoms with E-state index in [9.17, 15) is 19.9 Å². The molecule has 0 aromatic heterocycles. The highest BCUT2D eigenvalue weighted by molar-refractivity contribution is 5.94. The van der Waals surface area contributed by atoms with Crippen LogP contribution in [0.5, 0.6) is 0 Å². The van der Waals surface area contributed by atoms with Gasteiger partial charge in [-0.25, -0.2) is 5.06 Å². The monoisotopic (exact) mass is 437 g/mol. The number of ether oxygens (including phenoxy) is 1. The van der Waals surface area contributed by atoms with E-state index < -0.39 is 18.6 Å². The number of carbonyl (C=O) groups excluding carboxylic acids is 2. The van der Waals surface area contributed by atoms with Crippen molar-refractivity contribution in [2.45, 2.75) is 12.6 Å². The smallest absolute Gasteiger partial charge is 0.251 e. The van der Waals surface area contributed by atoms with Gasteiger partial charge in [-0.15, -0.1) is 0 Å². The highest BCUT2D eigenvalue weighted by Crippen LogP contribution is 2.09. The largest absolute Gasteiger partial charge is 0.394 e. The van der Waals surface area contributed by atoms with E-state index in [1.54, 1.807) is 24.3 Å². The van der Waals surface area contributed by atoms with Gasteiger partial charge >= 0.3 is 0 Å². The van der Waals surface area contributed by atoms with Gasteiger partial charge in [-0.3, -0.25) is 19.7 Å². The summed E-state index contributed by atoms with van der Waals surface area (Å²) in [4.78, 5) is 25.1. The first-order valence-corrected chi connectivity index (χ1v) is 10.4. The lowest BCUT2D eigenvalue weighted by Gasteiger charge is -2.26. The van der Waals surface area contributed by atoms with Crippen LogP contribution in [0.4, 0.5) is 0 Å². The summed E-state index contributed by atoms with van der Waals surface area (Å²) in [6.45, 7) is 3.76. The SMILES string of the molecule is O=CN(O)CC(CO)NC(=O)c1ccc(C#Cc2ccc(CN3CCOCC3)cc2)cc1. The molecule has 0 radical (unpaired) electrons. The summed E-state index contributed by atoms with van der Waals surface area (Å²) in [5, 5.41) is 21.4. The zero-order valence-electron chi connectivity index (χ0n) is 17.7. The van der Waals surface area contributed by atoms with Gasteiger partial charge in [-0.1, -0.05) is 24.0 Å². The molecule has 1 atom stereocenters. The van der Waals surface area contributed by atoms with Gasteiger partial charge in [-0.2, -0.15) is 0 Å². The van der Waals surface area contributed by atoms with Gasteiger partial charge in [-0.05, 0) is 42.0 Å². The summed E-state index contributed by atoms with van der Waals surface area (Å²) in [5.41, 5.74) is 3.30. The molecule has 168 valence electrons. The van der Waals surface area contributed by atoms with Crippen LogP contribution in [0.25, 0.3) is 0 Å². The van der Waals surface area contributed by atoms with Gasteiger partial charge < -0.3 is 15.2 Å². The molecule has 0 aliphatic carbocycles. The van der Waals surface area contributed by atoms with Crippen LogP contribution in [-0.4, -0.2) is 78.1 Å². The lowest BCUT2D eigenvalue weighted by atomic mass is 10.1. The average molecular weight is 437 g/mol. The van der Waals surface area contributed by atoms with Gasteiger partial charge in [0, 0.05) is 36.3 Å². The Morgan fingerprint density at radius 3 is 2.25 bits per heavy atom. The molecule has 1 aliphatic heterocycles. The fraction of sp³-hybridized carbons (Fsp3) is 0.333. The van der Waals surface area contributed by atoms with Crippen molar-refractivity contribution in [1.82, 2.24) is 15.3 Å². The van der Waals surface area contributed by atoms with Gasteiger partial charge in [0.05, 0.1) is 32.4 Å². The number of hydrogen-bond acceptors (Lipinski definition) is 6. The quantitative estimate of drug-likeness (QED) is 0.245. The number of carbonyl (C=O) groups is 2. The molecule has 8 heteroatoms. The number of rotatable bonds is 8. The molecule has 0 saturated carbocycles. The molecule has 1 unspecified atom stereocenters. The summed E-state index contributed by atoms with van der Waals surface area (Å²) in [6.07, 6.45) is 0.208. The molecule has 3 rings (SSSR count). The number of amides is 2. The second-order valence-corrected chi connectivity index (χ2v) is 7.49. The van der Waals surface area contributed by atoms with Gasteiger partial charge in [0.2, 0.25) is 6.41 Å². The van der Waals surface area contributed by atoms with Crippen LogP contribution in [0.15, 0.2) is 48.5 Å². The molecular formula is C24H27N3O5. The fourth-order valence-corrected chi connectivity index (χ4v) is 3.25. The lowest BCUT2D eigenvalue weighted by Crippen LogP contribution is -2.44. The molecule has 2 aromatic carbocycles. The minimum absolute atomic E-state index is 0.208. The van der Waals surface area contributed by atoms with Gasteiger partial charge in [0.25, 0.3) is 5.91 Å². The van der Waals surface area contributed by atoms with Crippen LogP contribution in [0, 0.1) is 11.8 Å². The minimum atomic E-state index is -0.775. The second-order valence-electron chi connectivity index (χ2n) is 7.49. The molecule has 1 fully saturated rings. The number of benzene rings is 2. The fourth-order valence-electron chi connectivity index (χ4n) is 3.25. The van der Waals surface area contributed by atoms with Gasteiger partial charge in [0.1, 0.15) is 0 Å². The molecule has 3 N–H and O–H groups in total. The first kappa shape index (κ1) is 23.4. The molecule has 1 heterocycles. The van der Waals surface area contributed by atoms with Crippen molar-refractivity contribution in [2.24, 2.45) is 0 Å². The van der Waals surface area contributed by atoms with Crippen LogP contribution in [-0.2, 0) is 16.1 Å². The number of nitrogens with zero attached hydrogens (tertiary/aromatic N) is 2. The molecule has 0 spiro atoms. The zero-order valence-corrected chi connectivity index (χ0v) is 17.7. The Morgan fingerprint density at radius 1 is 1.09 bits per heavy atom. The van der Waals surface area contributed by atoms with Crippen molar-refractivity contribution in [1.29, 1.82) is 0 Å². The Morgan fingerprint density at radius 2 is 1.69 bits per heavy atom. The number of aliphatic hydroxyl groups is 1. The average Bonchev–Trinajstić information content (AvgIpc) is 2.84. The Balaban J connectivity index is 1.55. The minimum Gasteiger partial charge on any atom is -0.394 e. The maximum Gasteiger partial charge on any atom is 0.251 e. The maximum atomic E-state index is 12.3. The van der Waals surface area contributed by atoms with E-state index >= 15 is 0 Å². The topological polar surface area (TPSA) is 102 Å². The first-order valence-electron chi connectivity index (χ1n) is 10.4. The van der Waals surface area contributed by atoms with Gasteiger partial charge in [0.15, 0.2) is 0 Å². The van der Waals surface area contributed by atoms with Crippen LogP contribution in [0.1, 0.15) is 27.0 Å². The Bertz CT molecular complexity index is 944. The normalized spacial score (nSPS) is 14.7. The Kier molecular flexibility index (Phi) is 8.78. The summed E-state index contributed by atoms with van der Waals surface area (Å²) in [5.74, 6) is 5.79. The van der Waals surface area contributed by atoms with Crippen molar-refractivity contribution in [3.05, 3.63) is 70.8 Å². The highest BCUT2D eigenvalue weighted by Gasteiger charge is 2.15. The standard InChI is InChI=1S/C24H27N3O5/c28-17-23(16-27(31)18-29)25-24(30)22-9-7-20(8-10-22)2-1-19-3-5-21(6-4-19)15-26-11-13-32-14-12-26/h3-10,18,23,28,31H,11-17H2,(H,25,30). The first-order chi connectivity index (χ1) is 15.6. The molecule has 1 saturated heterocycles. The van der Waals surface area contributed by atoms with E-state index in [0.717, 1.165) is 44.0 Å². The zero-order chi connectivity index (χ0) is 22.8. The molecule has 0 bridgehead atoms. The number of hydrogen-bond donors (Lipinski definition) is 3. The van der Waals surface area contributed by atoms with Crippen LogP contribution in [0.2, 0.25) is 0 Å². The summed E-state index contributed by atoms with van der Waals surface area (Å²) >= 11 is 0. The molecule has 8 nitrogen and oxygen atoms in total. The van der Waals surface area contributed by atoms with E-state index in [4.69, 9.17) is 4.74 Å². The van der Waals surface area contributed by atoms with Crippen molar-refractivity contribution in [3.8, 4) is 11.8 Å². The summed E-state index contributed by atoms with van der Waals surface area (Å²) in [6, 6.07) is 14.2. The number of nitrogens with one attached hydrogen (secondary N) is 1. The van der Waals surface area contributed by atoms with E-state index in [1.165, 1.54) is 5.56 Å². The van der Waals surface area contributed by atoms with Crippen LogP contribution in [0.3, 0.4) is 0 Å². The van der Waals surface area contributed by atoms with E-state index in [1.807, 2.05) is 12.1 Å². The number of morpholine rings is 1. The van der Waals surface area contributed by atoms with Crippen molar-refractivity contribution in [3.63, 3.8) is 0 Å². The molecule has 1 aliphatic rings. The third kappa shape index (κ3) is 7.18. The van der Waals surface area contributed by atoms with Crippen LogP contribution < -0.4 is 5.32 Å². The molecule has 2 amide bonds. The predicted molar refractivity (Wildman–Crippen MR) is 118 cm³/mol. The van der Waals surface area contributed by atoms with E-state index in [0.29, 0.717) is 10.6 Å². The van der Waals surface area contributed by atoms with E-state index in [-0.39, 0.29) is 13.0 Å². The van der Waals surface area contributed by atoms with E-state index in [2.05, 4.69) is 34.2 Å². The highest BCUT2D eigenvalue weighted by atomic mass is 16.5. The third-order valence-corrected chi connectivity index (χ3v) is 5.05. The van der Waals surface area contributed by atoms with Crippen LogP contribution >= 0.6 is 0 Å². The Labute approximate surface area is 187 Å². The lowest BCUT2D eigenvalue weighted by molar-refractivity contribution is -0.151. The van der Waals surface area contributed by atoms with Crippen molar-refractivity contribution >= 4 is 12.3 Å². The maximum absolute atomic E-state index is 12.3. The second kappa shape index (κ2) is 12.0. The molecular weight excluding hydrogens is 410 g/mol. The molecule has 32 heavy (non-hydrogen) atoms. The summed E-state index contributed by atoms with van der Waals surface area (Å²) in [7, 11) is 0. The number of aliphatic hydroxyl groups excluding tert-OH is 1. The molecule has 2 aromatic rings. The number of hydroxylamine groups is 2. The Hall–Kier alpha value is -3.22.